The minimum Gasteiger partial charge on any atom is -0.481 e. The van der Waals surface area contributed by atoms with E-state index in [1.165, 1.54) is 48.5 Å². The summed E-state index contributed by atoms with van der Waals surface area (Å²) in [5.74, 6) is -4.87. The number of guanidine groups is 1. The number of carboxylic acids is 3. The number of alkyl carbamates (subject to hydrolysis) is 2. The number of amides is 3. The lowest BCUT2D eigenvalue weighted by Gasteiger charge is -2.27. The van der Waals surface area contributed by atoms with E-state index in [0.29, 0.717) is 5.56 Å². The van der Waals surface area contributed by atoms with Crippen molar-refractivity contribution in [2.45, 2.75) is 78.2 Å². The van der Waals surface area contributed by atoms with Crippen LogP contribution >= 0.6 is 0 Å². The lowest BCUT2D eigenvalue weighted by Crippen LogP contribution is -2.48. The third-order valence-electron chi connectivity index (χ3n) is 7.40. The van der Waals surface area contributed by atoms with Crippen LogP contribution in [0.25, 0.3) is 0 Å². The fraction of sp³-hybridized carbons (Fsp3) is 0.512. The van der Waals surface area contributed by atoms with Crippen molar-refractivity contribution >= 4 is 53.8 Å². The maximum Gasteiger partial charge on any atom is 0.414 e. The smallest absolute Gasteiger partial charge is 0.414 e. The van der Waals surface area contributed by atoms with Crippen LogP contribution in [0.5, 0.6) is 5.75 Å². The van der Waals surface area contributed by atoms with Gasteiger partial charge >= 0.3 is 42.2 Å². The van der Waals surface area contributed by atoms with Gasteiger partial charge < -0.3 is 53.2 Å². The first kappa shape index (κ1) is 52.8. The third kappa shape index (κ3) is 24.0. The predicted octanol–water partition coefficient (Wildman–Crippen LogP) is 4.35. The molecule has 22 nitrogen and oxygen atoms in total. The zero-order valence-electron chi connectivity index (χ0n) is 36.0. The molecule has 0 fully saturated rings. The van der Waals surface area contributed by atoms with Crippen molar-refractivity contribution in [2.75, 3.05) is 59.4 Å². The topological polar surface area (TPSA) is 294 Å². The van der Waals surface area contributed by atoms with E-state index in [1.807, 2.05) is 0 Å². The van der Waals surface area contributed by atoms with Crippen molar-refractivity contribution in [3.8, 4) is 5.75 Å². The zero-order valence-corrected chi connectivity index (χ0v) is 36.0. The summed E-state index contributed by atoms with van der Waals surface area (Å²) < 4.78 is 42.5. The Morgan fingerprint density at radius 1 is 0.651 bits per heavy atom. The molecule has 0 aliphatic carbocycles. The molecule has 1 unspecified atom stereocenters. The van der Waals surface area contributed by atoms with E-state index in [9.17, 15) is 43.8 Å². The molecule has 2 rings (SSSR count). The predicted molar refractivity (Wildman–Crippen MR) is 220 cm³/mol. The van der Waals surface area contributed by atoms with Gasteiger partial charge in [0.05, 0.1) is 76.9 Å². The number of nitrogens with zero attached hydrogens (tertiary/aromatic N) is 2. The normalized spacial score (nSPS) is 11.7. The zero-order chi connectivity index (χ0) is 47.0. The second kappa shape index (κ2) is 26.9. The summed E-state index contributed by atoms with van der Waals surface area (Å²) in [7, 11) is 0. The maximum absolute atomic E-state index is 13.1. The van der Waals surface area contributed by atoms with Crippen LogP contribution < -0.4 is 15.4 Å². The number of benzene rings is 2. The number of carbonyl (C=O) groups excluding carboxylic acids is 4. The molecule has 0 aromatic heterocycles. The second-order valence-corrected chi connectivity index (χ2v) is 15.1. The monoisotopic (exact) mass is 892 g/mol. The Bertz CT molecular complexity index is 1810. The van der Waals surface area contributed by atoms with Crippen molar-refractivity contribution in [3.05, 3.63) is 59.7 Å². The highest BCUT2D eigenvalue weighted by molar-refractivity contribution is 6.02. The molecule has 0 aliphatic heterocycles. The van der Waals surface area contributed by atoms with Gasteiger partial charge in [0, 0.05) is 6.54 Å². The van der Waals surface area contributed by atoms with Crippen LogP contribution in [-0.2, 0) is 54.1 Å². The van der Waals surface area contributed by atoms with Crippen molar-refractivity contribution in [1.82, 2.24) is 15.5 Å². The Kier molecular flexibility index (Phi) is 22.5. The molecule has 22 heteroatoms. The molecule has 0 bridgehead atoms. The summed E-state index contributed by atoms with van der Waals surface area (Å²) in [6.45, 7) is 10.4. The average Bonchev–Trinajstić information content (AvgIpc) is 3.16. The molecule has 5 N–H and O–H groups in total. The highest BCUT2D eigenvalue weighted by Crippen LogP contribution is 2.19. The summed E-state index contributed by atoms with van der Waals surface area (Å²) in [6, 6.07) is 9.77. The average molecular weight is 893 g/mol. The molecule has 63 heavy (non-hydrogen) atoms. The first-order valence-corrected chi connectivity index (χ1v) is 19.5. The summed E-state index contributed by atoms with van der Waals surface area (Å²) in [6.07, 6.45) is -3.87. The molecule has 0 heterocycles. The minimum atomic E-state index is -1.76. The number of ether oxygens (including phenoxy) is 8. The number of aliphatic imine (C=N–C) groups is 1. The fourth-order valence-corrected chi connectivity index (χ4v) is 4.69. The lowest BCUT2D eigenvalue weighted by atomic mass is 10.2. The Morgan fingerprint density at radius 2 is 1.14 bits per heavy atom. The van der Waals surface area contributed by atoms with E-state index in [-0.39, 0.29) is 95.4 Å². The molecule has 1 atom stereocenters. The van der Waals surface area contributed by atoms with Gasteiger partial charge in [-0.05, 0) is 83.5 Å². The second-order valence-electron chi connectivity index (χ2n) is 15.1. The number of esters is 1. The number of hydrogen-bond acceptors (Lipinski definition) is 16. The van der Waals surface area contributed by atoms with Crippen LogP contribution in [0.3, 0.4) is 0 Å². The molecule has 0 saturated carbocycles. The van der Waals surface area contributed by atoms with E-state index in [4.69, 9.17) is 43.0 Å². The summed E-state index contributed by atoms with van der Waals surface area (Å²) in [4.78, 5) is 89.6. The summed E-state index contributed by atoms with van der Waals surface area (Å²) >= 11 is 0. The Morgan fingerprint density at radius 3 is 1.60 bits per heavy atom. The van der Waals surface area contributed by atoms with E-state index in [0.717, 1.165) is 4.90 Å². The molecule has 0 radical (unpaired) electrons. The maximum atomic E-state index is 13.1. The summed E-state index contributed by atoms with van der Waals surface area (Å²) in [5, 5.41) is 32.3. The molecule has 0 aliphatic rings. The highest BCUT2D eigenvalue weighted by atomic mass is 16.6. The molecule has 0 saturated heterocycles. The van der Waals surface area contributed by atoms with E-state index >= 15 is 0 Å². The van der Waals surface area contributed by atoms with E-state index in [2.05, 4.69) is 15.6 Å². The molecule has 348 valence electrons. The lowest BCUT2D eigenvalue weighted by molar-refractivity contribution is -0.149. The standard InChI is InChI=1S/C41H56N4O18/c1-40(2,3)62-37(53)43-36(44-38(54)63-41(4,5)6)42-29-11-9-28(10-12-29)35(52)61-30-13-7-27(8-14-30)26-60-39(55)45(31(34(50)51)25-33(48)49)16-18-57-20-22-59-24-23-58-21-19-56-17-15-32(46)47/h7-14,31H,15-26H2,1-6H3,(H,46,47)(H,48,49)(H,50,51)(H2,42,43,44,53,54). The third-order valence-corrected chi connectivity index (χ3v) is 7.40. The first-order chi connectivity index (χ1) is 29.6. The Balaban J connectivity index is 1.94. The van der Waals surface area contributed by atoms with Crippen molar-refractivity contribution in [2.24, 2.45) is 4.99 Å². The summed E-state index contributed by atoms with van der Waals surface area (Å²) in [5.41, 5.74) is -0.891. The van der Waals surface area contributed by atoms with Crippen molar-refractivity contribution in [1.29, 1.82) is 0 Å². The van der Waals surface area contributed by atoms with Gasteiger partial charge in [0.15, 0.2) is 0 Å². The van der Waals surface area contributed by atoms with Crippen LogP contribution in [0, 0.1) is 0 Å². The van der Waals surface area contributed by atoms with Crippen LogP contribution in [0.1, 0.15) is 70.3 Å². The van der Waals surface area contributed by atoms with Gasteiger partial charge in [-0.1, -0.05) is 12.1 Å². The van der Waals surface area contributed by atoms with Crippen LogP contribution in [-0.4, -0.2) is 145 Å². The molecule has 2 aromatic rings. The Labute approximate surface area is 363 Å². The van der Waals surface area contributed by atoms with Crippen LogP contribution in [0.15, 0.2) is 53.5 Å². The van der Waals surface area contributed by atoms with Gasteiger partial charge in [-0.2, -0.15) is 0 Å². The number of nitrogens with one attached hydrogen (secondary N) is 2. The van der Waals surface area contributed by atoms with E-state index in [1.54, 1.807) is 41.5 Å². The Hall–Kier alpha value is -6.36. The van der Waals surface area contributed by atoms with Crippen molar-refractivity contribution in [3.63, 3.8) is 0 Å². The van der Waals surface area contributed by atoms with Gasteiger partial charge in [-0.3, -0.25) is 25.1 Å². The molecular weight excluding hydrogens is 836 g/mol. The largest absolute Gasteiger partial charge is 0.481 e. The SMILES string of the molecule is CC(C)(C)OC(=O)NC(=Nc1ccc(C(=O)Oc2ccc(COC(=O)N(CCOCCOCCOCCOCCC(=O)O)C(CC(=O)O)C(=O)O)cc2)cc1)NC(=O)OC(C)(C)C. The molecule has 3 amide bonds. The van der Waals surface area contributed by atoms with Gasteiger partial charge in [-0.25, -0.2) is 29.0 Å². The van der Waals surface area contributed by atoms with Gasteiger partial charge in [0.25, 0.3) is 0 Å². The van der Waals surface area contributed by atoms with Crippen LogP contribution in [0.4, 0.5) is 20.1 Å². The molecule has 0 spiro atoms. The number of rotatable bonds is 24. The number of carboxylic acid groups (broad SMARTS) is 3. The first-order valence-electron chi connectivity index (χ1n) is 19.5. The van der Waals surface area contributed by atoms with Gasteiger partial charge in [0.1, 0.15) is 29.6 Å². The number of hydrogen-bond donors (Lipinski definition) is 5. The quantitative estimate of drug-likeness (QED) is 0.0244. The number of aliphatic carboxylic acids is 3. The van der Waals surface area contributed by atoms with Gasteiger partial charge in [-0.15, -0.1) is 0 Å². The molecular formula is C41H56N4O18. The minimum absolute atomic E-state index is 0.0691. The van der Waals surface area contributed by atoms with Crippen molar-refractivity contribution < 1.29 is 86.8 Å². The van der Waals surface area contributed by atoms with Crippen LogP contribution in [0.2, 0.25) is 0 Å². The van der Waals surface area contributed by atoms with E-state index < -0.39 is 65.8 Å². The molecule has 2 aromatic carbocycles. The fourth-order valence-electron chi connectivity index (χ4n) is 4.69. The number of carbonyl (C=O) groups is 7. The van der Waals surface area contributed by atoms with Gasteiger partial charge in [0.2, 0.25) is 5.96 Å². The highest BCUT2D eigenvalue weighted by Gasteiger charge is 2.33.